The van der Waals surface area contributed by atoms with Crippen molar-refractivity contribution in [2.75, 3.05) is 26.2 Å². The number of pyridine rings is 1. The number of nitrogens with one attached hydrogen (secondary N) is 1. The van der Waals surface area contributed by atoms with Crippen molar-refractivity contribution in [3.63, 3.8) is 0 Å². The summed E-state index contributed by atoms with van der Waals surface area (Å²) in [6, 6.07) is 2.73. The molecule has 17 heavy (non-hydrogen) atoms. The Balaban J connectivity index is 1.92. The molecule has 0 aliphatic carbocycles. The smallest absolute Gasteiger partial charge is 0.0491 e. The first-order valence-corrected chi connectivity index (χ1v) is 7.05. The van der Waals surface area contributed by atoms with Gasteiger partial charge in [-0.25, -0.2) is 0 Å². The first kappa shape index (κ1) is 10.00. The van der Waals surface area contributed by atoms with Crippen LogP contribution >= 0.6 is 11.3 Å². The van der Waals surface area contributed by atoms with Crippen molar-refractivity contribution < 1.29 is 0 Å². The second kappa shape index (κ2) is 3.77. The van der Waals surface area contributed by atoms with E-state index in [0.717, 1.165) is 13.1 Å². The molecule has 0 bridgehead atoms. The Labute approximate surface area is 104 Å². The molecule has 88 valence electrons. The lowest BCUT2D eigenvalue weighted by molar-refractivity contribution is 0.154. The van der Waals surface area contributed by atoms with E-state index >= 15 is 0 Å². The fourth-order valence-corrected chi connectivity index (χ4v) is 4.32. The van der Waals surface area contributed by atoms with Gasteiger partial charge in [0.2, 0.25) is 0 Å². The van der Waals surface area contributed by atoms with Crippen LogP contribution in [-0.2, 0) is 6.42 Å². The Bertz CT molecular complexity index is 563. The van der Waals surface area contributed by atoms with Crippen LogP contribution in [0.2, 0.25) is 0 Å². The molecule has 1 fully saturated rings. The summed E-state index contributed by atoms with van der Waals surface area (Å²) in [6.45, 7) is 4.63. The van der Waals surface area contributed by atoms with Crippen LogP contribution in [0.3, 0.4) is 0 Å². The van der Waals surface area contributed by atoms with Crippen molar-refractivity contribution >= 4 is 21.4 Å². The molecule has 2 aromatic heterocycles. The van der Waals surface area contributed by atoms with Gasteiger partial charge in [0.1, 0.15) is 0 Å². The van der Waals surface area contributed by atoms with Gasteiger partial charge < -0.3 is 5.32 Å². The highest BCUT2D eigenvalue weighted by Crippen LogP contribution is 2.40. The lowest BCUT2D eigenvalue weighted by Gasteiger charge is -2.39. The minimum absolute atomic E-state index is 0.574. The average molecular weight is 245 g/mol. The van der Waals surface area contributed by atoms with E-state index in [4.69, 9.17) is 0 Å². The summed E-state index contributed by atoms with van der Waals surface area (Å²) >= 11 is 1.96. The third kappa shape index (κ3) is 1.44. The van der Waals surface area contributed by atoms with E-state index < -0.39 is 0 Å². The minimum atomic E-state index is 0.574. The molecule has 0 saturated carbocycles. The second-order valence-electron chi connectivity index (χ2n) is 4.82. The second-order valence-corrected chi connectivity index (χ2v) is 5.95. The van der Waals surface area contributed by atoms with Gasteiger partial charge in [0.25, 0.3) is 0 Å². The third-order valence-electron chi connectivity index (χ3n) is 3.92. The molecular weight excluding hydrogens is 230 g/mol. The van der Waals surface area contributed by atoms with Crippen LogP contribution in [-0.4, -0.2) is 36.1 Å². The summed E-state index contributed by atoms with van der Waals surface area (Å²) in [7, 11) is 0. The van der Waals surface area contributed by atoms with Gasteiger partial charge >= 0.3 is 0 Å². The molecule has 1 atom stereocenters. The van der Waals surface area contributed by atoms with Crippen molar-refractivity contribution in [2.24, 2.45) is 0 Å². The maximum atomic E-state index is 4.30. The Morgan fingerprint density at radius 2 is 2.41 bits per heavy atom. The zero-order valence-electron chi connectivity index (χ0n) is 9.65. The van der Waals surface area contributed by atoms with Crippen LogP contribution in [0.5, 0.6) is 0 Å². The standard InChI is InChI=1S/C13H15N3S/c1-3-14-7-9-11(1)17-12-2-5-16-6-4-15-8-10(16)13(9)12/h1,3,7,10,15H,2,4-6,8H2. The third-order valence-corrected chi connectivity index (χ3v) is 5.16. The molecule has 4 rings (SSSR count). The summed E-state index contributed by atoms with van der Waals surface area (Å²) < 4.78 is 1.40. The van der Waals surface area contributed by atoms with Crippen molar-refractivity contribution in [2.45, 2.75) is 12.5 Å². The molecule has 1 unspecified atom stereocenters. The number of hydrogen-bond donors (Lipinski definition) is 1. The van der Waals surface area contributed by atoms with Gasteiger partial charge in [-0.05, 0) is 18.1 Å². The number of nitrogens with zero attached hydrogens (tertiary/aromatic N) is 2. The Morgan fingerprint density at radius 1 is 1.41 bits per heavy atom. The first-order chi connectivity index (χ1) is 8.43. The highest BCUT2D eigenvalue weighted by Gasteiger charge is 2.32. The van der Waals surface area contributed by atoms with Crippen molar-refractivity contribution in [3.8, 4) is 0 Å². The fourth-order valence-electron chi connectivity index (χ4n) is 3.11. The zero-order chi connectivity index (χ0) is 11.2. The molecular formula is C13H15N3S. The number of thiophene rings is 1. The lowest BCUT2D eigenvalue weighted by atomic mass is 9.95. The minimum Gasteiger partial charge on any atom is -0.314 e. The van der Waals surface area contributed by atoms with Crippen LogP contribution in [0, 0.1) is 0 Å². The van der Waals surface area contributed by atoms with E-state index in [1.165, 1.54) is 29.6 Å². The van der Waals surface area contributed by atoms with Gasteiger partial charge in [0.15, 0.2) is 0 Å². The van der Waals surface area contributed by atoms with Gasteiger partial charge in [0, 0.05) is 59.6 Å². The number of piperazine rings is 1. The molecule has 0 spiro atoms. The van der Waals surface area contributed by atoms with Crippen LogP contribution < -0.4 is 5.32 Å². The summed E-state index contributed by atoms with van der Waals surface area (Å²) in [6.07, 6.45) is 5.16. The molecule has 1 N–H and O–H groups in total. The van der Waals surface area contributed by atoms with Gasteiger partial charge in [-0.3, -0.25) is 9.88 Å². The zero-order valence-corrected chi connectivity index (χ0v) is 10.5. The molecule has 3 nitrogen and oxygen atoms in total. The highest BCUT2D eigenvalue weighted by atomic mass is 32.1. The van der Waals surface area contributed by atoms with Gasteiger partial charge in [0.05, 0.1) is 0 Å². The first-order valence-electron chi connectivity index (χ1n) is 6.23. The number of fused-ring (bicyclic) bond motifs is 5. The molecule has 4 heterocycles. The molecule has 0 radical (unpaired) electrons. The normalized spacial score (nSPS) is 24.6. The quantitative estimate of drug-likeness (QED) is 0.767. The average Bonchev–Trinajstić information content (AvgIpc) is 2.77. The van der Waals surface area contributed by atoms with E-state index in [1.807, 2.05) is 23.7 Å². The maximum Gasteiger partial charge on any atom is 0.0491 e. The highest BCUT2D eigenvalue weighted by molar-refractivity contribution is 7.19. The Hall–Kier alpha value is -0.970. The monoisotopic (exact) mass is 245 g/mol. The van der Waals surface area contributed by atoms with Crippen LogP contribution in [0.1, 0.15) is 16.5 Å². The van der Waals surface area contributed by atoms with E-state index in [-0.39, 0.29) is 0 Å². The van der Waals surface area contributed by atoms with E-state index in [9.17, 15) is 0 Å². The lowest BCUT2D eigenvalue weighted by Crippen LogP contribution is -2.48. The number of hydrogen-bond acceptors (Lipinski definition) is 4. The molecule has 2 aliphatic heterocycles. The Morgan fingerprint density at radius 3 is 3.41 bits per heavy atom. The van der Waals surface area contributed by atoms with Gasteiger partial charge in [-0.15, -0.1) is 11.3 Å². The van der Waals surface area contributed by atoms with Crippen LogP contribution in [0.4, 0.5) is 0 Å². The summed E-state index contributed by atoms with van der Waals surface area (Å²) in [5.74, 6) is 0. The summed E-state index contributed by atoms with van der Waals surface area (Å²) in [5, 5.41) is 4.90. The maximum absolute atomic E-state index is 4.30. The van der Waals surface area contributed by atoms with Gasteiger partial charge in [-0.1, -0.05) is 0 Å². The number of aromatic nitrogens is 1. The van der Waals surface area contributed by atoms with Gasteiger partial charge in [-0.2, -0.15) is 0 Å². The van der Waals surface area contributed by atoms with Crippen molar-refractivity contribution in [1.29, 1.82) is 0 Å². The fraction of sp³-hybridized carbons (Fsp3) is 0.462. The predicted octanol–water partition coefficient (Wildman–Crippen LogP) is 1.80. The van der Waals surface area contributed by atoms with E-state index in [2.05, 4.69) is 21.3 Å². The predicted molar refractivity (Wildman–Crippen MR) is 70.5 cm³/mol. The molecule has 0 aromatic carbocycles. The summed E-state index contributed by atoms with van der Waals surface area (Å²) in [4.78, 5) is 8.50. The topological polar surface area (TPSA) is 28.2 Å². The molecule has 2 aliphatic rings. The van der Waals surface area contributed by atoms with Crippen molar-refractivity contribution in [3.05, 3.63) is 28.9 Å². The van der Waals surface area contributed by atoms with Crippen LogP contribution in [0.15, 0.2) is 18.5 Å². The van der Waals surface area contributed by atoms with E-state index in [0.29, 0.717) is 6.04 Å². The van der Waals surface area contributed by atoms with Crippen LogP contribution in [0.25, 0.3) is 10.1 Å². The molecule has 2 aromatic rings. The van der Waals surface area contributed by atoms with E-state index in [1.54, 1.807) is 10.4 Å². The SMILES string of the molecule is c1cc2sc3c(c2cn1)C1CNCCN1CC3. The molecule has 4 heteroatoms. The molecule has 0 amide bonds. The molecule has 1 saturated heterocycles. The largest absolute Gasteiger partial charge is 0.314 e. The summed E-state index contributed by atoms with van der Waals surface area (Å²) in [5.41, 5.74) is 1.55. The Kier molecular flexibility index (Phi) is 2.21. The number of rotatable bonds is 0. The van der Waals surface area contributed by atoms with Crippen molar-refractivity contribution in [1.82, 2.24) is 15.2 Å².